The van der Waals surface area contributed by atoms with E-state index in [-0.39, 0.29) is 30.3 Å². The second-order valence-electron chi connectivity index (χ2n) is 9.22. The van der Waals surface area contributed by atoms with E-state index in [0.717, 1.165) is 25.0 Å². The van der Waals surface area contributed by atoms with E-state index in [2.05, 4.69) is 40.4 Å². The van der Waals surface area contributed by atoms with Crippen molar-refractivity contribution >= 4 is 22.7 Å². The van der Waals surface area contributed by atoms with Gasteiger partial charge in [0.15, 0.2) is 0 Å². The zero-order valence-electron chi connectivity index (χ0n) is 22.9. The maximum Gasteiger partial charge on any atom is 0.317 e. The van der Waals surface area contributed by atoms with Gasteiger partial charge in [-0.15, -0.1) is 0 Å². The minimum absolute atomic E-state index is 0.0437. The van der Waals surface area contributed by atoms with Crippen LogP contribution >= 0.6 is 0 Å². The van der Waals surface area contributed by atoms with Crippen LogP contribution in [0.25, 0.3) is 10.8 Å². The molecule has 38 heavy (non-hydrogen) atoms. The lowest BCUT2D eigenvalue weighted by atomic mass is 10.1. The molecule has 0 aliphatic rings. The van der Waals surface area contributed by atoms with Crippen molar-refractivity contribution in [2.45, 2.75) is 52.6 Å². The van der Waals surface area contributed by atoms with Gasteiger partial charge in [-0.3, -0.25) is 9.78 Å². The second-order valence-corrected chi connectivity index (χ2v) is 9.22. The van der Waals surface area contributed by atoms with Crippen LogP contribution in [0.2, 0.25) is 0 Å². The fourth-order valence-electron chi connectivity index (χ4n) is 3.71. The number of para-hydroxylation sites is 1. The highest BCUT2D eigenvalue weighted by molar-refractivity contribution is 5.81. The molecule has 0 radical (unpaired) electrons. The van der Waals surface area contributed by atoms with Crippen LogP contribution in [0.5, 0.6) is 5.75 Å². The summed E-state index contributed by atoms with van der Waals surface area (Å²) in [7, 11) is 1.72. The number of benzene rings is 2. The van der Waals surface area contributed by atoms with Gasteiger partial charge in [-0.2, -0.15) is 0 Å². The van der Waals surface area contributed by atoms with Gasteiger partial charge in [-0.1, -0.05) is 49.0 Å². The largest absolute Gasteiger partial charge is 0.508 e. The molecule has 0 fully saturated rings. The maximum atomic E-state index is 12.5. The Hall–Kier alpha value is -4.07. The van der Waals surface area contributed by atoms with Crippen molar-refractivity contribution in [3.05, 3.63) is 84.4 Å². The first-order chi connectivity index (χ1) is 18.2. The number of fused-ring (bicyclic) bond motifs is 1. The molecule has 1 aromatic heterocycles. The number of phenolic OH excluding ortho intramolecular Hbond substituents is 1. The van der Waals surface area contributed by atoms with Crippen LogP contribution in [0.4, 0.5) is 4.79 Å². The summed E-state index contributed by atoms with van der Waals surface area (Å²) in [5, 5.41) is 17.8. The number of allylic oxidation sites excluding steroid dienone is 1. The lowest BCUT2D eigenvalue weighted by Crippen LogP contribution is -2.45. The van der Waals surface area contributed by atoms with Gasteiger partial charge in [0.1, 0.15) is 12.4 Å². The van der Waals surface area contributed by atoms with Gasteiger partial charge in [0.05, 0.1) is 11.8 Å². The summed E-state index contributed by atoms with van der Waals surface area (Å²) in [5.74, 6) is 0.708. The normalized spacial score (nSPS) is 11.1. The van der Waals surface area contributed by atoms with Crippen LogP contribution in [0, 0.1) is 6.92 Å². The Kier molecular flexibility index (Phi) is 12.6. The highest BCUT2D eigenvalue weighted by atomic mass is 16.5. The Morgan fingerprint density at radius 2 is 1.74 bits per heavy atom. The summed E-state index contributed by atoms with van der Waals surface area (Å²) in [4.78, 5) is 29.2. The summed E-state index contributed by atoms with van der Waals surface area (Å²) in [5.41, 5.74) is 1.73. The van der Waals surface area contributed by atoms with Crippen molar-refractivity contribution in [3.8, 4) is 5.75 Å². The highest BCUT2D eigenvalue weighted by Crippen LogP contribution is 2.16. The smallest absolute Gasteiger partial charge is 0.317 e. The van der Waals surface area contributed by atoms with Gasteiger partial charge in [-0.05, 0) is 50.6 Å². The number of unbranched alkanes of at least 4 members (excludes halogenated alkanes) is 1. The van der Waals surface area contributed by atoms with Crippen LogP contribution in [0.3, 0.4) is 0 Å². The number of phenols is 1. The molecule has 3 rings (SSSR count). The van der Waals surface area contributed by atoms with E-state index in [1.165, 1.54) is 17.7 Å². The number of hydrogen-bond acceptors (Lipinski definition) is 5. The molecule has 0 saturated carbocycles. The molecular formula is C30H40N4O4. The van der Waals surface area contributed by atoms with E-state index in [9.17, 15) is 14.7 Å². The minimum atomic E-state index is -0.240. The number of aryl methyl sites for hydroxylation is 1. The molecular weight excluding hydrogens is 480 g/mol. The number of aromatic nitrogens is 1. The van der Waals surface area contributed by atoms with Gasteiger partial charge >= 0.3 is 6.03 Å². The maximum absolute atomic E-state index is 12.5. The van der Waals surface area contributed by atoms with Crippen LogP contribution in [0.1, 0.15) is 44.4 Å². The number of ether oxygens (including phenoxy) is 1. The van der Waals surface area contributed by atoms with Gasteiger partial charge < -0.3 is 25.4 Å². The molecule has 8 heteroatoms. The van der Waals surface area contributed by atoms with Crippen LogP contribution in [-0.2, 0) is 16.1 Å². The molecule has 0 saturated heterocycles. The second kappa shape index (κ2) is 15.9. The first-order valence-electron chi connectivity index (χ1n) is 12.8. The highest BCUT2D eigenvalue weighted by Gasteiger charge is 2.20. The molecule has 3 amide bonds. The quantitative estimate of drug-likeness (QED) is 0.235. The van der Waals surface area contributed by atoms with E-state index in [1.54, 1.807) is 37.1 Å². The van der Waals surface area contributed by atoms with Gasteiger partial charge in [-0.25, -0.2) is 4.79 Å². The Balaban J connectivity index is 0.000000377. The Morgan fingerprint density at radius 1 is 1.05 bits per heavy atom. The topological polar surface area (TPSA) is 104 Å². The Labute approximate surface area is 225 Å². The molecule has 2 aromatic carbocycles. The lowest BCUT2D eigenvalue weighted by Gasteiger charge is -2.28. The molecule has 3 aromatic rings. The number of urea groups is 1. The number of carbonyl (C=O) groups is 2. The monoisotopic (exact) mass is 520 g/mol. The number of nitrogens with one attached hydrogen (secondary N) is 2. The first-order valence-corrected chi connectivity index (χ1v) is 12.8. The van der Waals surface area contributed by atoms with Crippen molar-refractivity contribution < 1.29 is 19.4 Å². The van der Waals surface area contributed by atoms with E-state index in [1.807, 2.05) is 31.3 Å². The molecule has 1 heterocycles. The van der Waals surface area contributed by atoms with Crippen LogP contribution in [-0.4, -0.2) is 53.2 Å². The molecule has 3 N–H and O–H groups in total. The fraction of sp³-hybridized carbons (Fsp3) is 0.367. The number of nitrogens with zero attached hydrogens (tertiary/aromatic N) is 2. The predicted molar refractivity (Wildman–Crippen MR) is 152 cm³/mol. The van der Waals surface area contributed by atoms with Gasteiger partial charge in [0.25, 0.3) is 0 Å². The van der Waals surface area contributed by atoms with Crippen molar-refractivity contribution in [1.29, 1.82) is 0 Å². The summed E-state index contributed by atoms with van der Waals surface area (Å²) >= 11 is 0. The third-order valence-electron chi connectivity index (χ3n) is 5.92. The number of amides is 3. The van der Waals surface area contributed by atoms with Crippen molar-refractivity contribution in [3.63, 3.8) is 0 Å². The number of pyridine rings is 1. The zero-order valence-corrected chi connectivity index (χ0v) is 22.9. The SMILES string of the molecule is C=C(C)OCC(CCCCNC(C)=O)N(C)C(=O)NCc1ccccc1O.Cc1cc2ccccc2cn1. The van der Waals surface area contributed by atoms with Crippen molar-refractivity contribution in [2.24, 2.45) is 0 Å². The minimum Gasteiger partial charge on any atom is -0.508 e. The molecule has 1 unspecified atom stereocenters. The van der Waals surface area contributed by atoms with Crippen LogP contribution < -0.4 is 10.6 Å². The van der Waals surface area contributed by atoms with Crippen molar-refractivity contribution in [2.75, 3.05) is 20.2 Å². The number of hydrogen-bond donors (Lipinski definition) is 3. The number of rotatable bonds is 11. The Morgan fingerprint density at radius 3 is 2.42 bits per heavy atom. The summed E-state index contributed by atoms with van der Waals surface area (Å²) in [6.07, 6.45) is 4.33. The number of likely N-dealkylation sites (N-methyl/N-ethyl adjacent to an activating group) is 1. The van der Waals surface area contributed by atoms with Gasteiger partial charge in [0, 0.05) is 49.9 Å². The molecule has 8 nitrogen and oxygen atoms in total. The molecule has 0 spiro atoms. The fourth-order valence-corrected chi connectivity index (χ4v) is 3.71. The zero-order chi connectivity index (χ0) is 27.9. The third-order valence-corrected chi connectivity index (χ3v) is 5.92. The number of aromatic hydroxyl groups is 1. The third kappa shape index (κ3) is 10.9. The average Bonchev–Trinajstić information content (AvgIpc) is 2.89. The number of carbonyl (C=O) groups excluding carboxylic acids is 2. The molecule has 0 bridgehead atoms. The standard InChI is InChI=1S/C20H31N3O4.C10H9N/c1-15(2)27-14-18(10-7-8-12-21-16(3)24)23(4)20(26)22-13-17-9-5-6-11-19(17)25;1-8-6-9-4-2-3-5-10(9)7-11-8/h5-6,9,11,18,25H,1,7-8,10,12-14H2,2-4H3,(H,21,24)(H,22,26);2-7H,1H3. The lowest BCUT2D eigenvalue weighted by molar-refractivity contribution is -0.118. The van der Waals surface area contributed by atoms with E-state index in [4.69, 9.17) is 4.74 Å². The molecule has 0 aliphatic heterocycles. The predicted octanol–water partition coefficient (Wildman–Crippen LogP) is 5.30. The summed E-state index contributed by atoms with van der Waals surface area (Å²) in [6.45, 7) is 10.2. The molecule has 0 aliphatic carbocycles. The molecule has 1 atom stereocenters. The Bertz CT molecular complexity index is 1200. The average molecular weight is 521 g/mol. The summed E-state index contributed by atoms with van der Waals surface area (Å²) < 4.78 is 5.53. The van der Waals surface area contributed by atoms with E-state index in [0.29, 0.717) is 24.5 Å². The van der Waals surface area contributed by atoms with Crippen LogP contribution in [0.15, 0.2) is 73.1 Å². The van der Waals surface area contributed by atoms with Crippen molar-refractivity contribution in [1.82, 2.24) is 20.5 Å². The molecule has 204 valence electrons. The summed E-state index contributed by atoms with van der Waals surface area (Å²) in [6, 6.07) is 16.9. The first kappa shape index (κ1) is 30.2. The van der Waals surface area contributed by atoms with E-state index >= 15 is 0 Å². The van der Waals surface area contributed by atoms with E-state index < -0.39 is 0 Å². The van der Waals surface area contributed by atoms with Gasteiger partial charge in [0.2, 0.25) is 5.91 Å².